The second kappa shape index (κ2) is 5.82. The van der Waals surface area contributed by atoms with Crippen molar-refractivity contribution in [3.05, 3.63) is 52.2 Å². The zero-order valence-electron chi connectivity index (χ0n) is 12.3. The normalized spacial score (nSPS) is 20.5. The predicted octanol–water partition coefficient (Wildman–Crippen LogP) is 4.31. The van der Waals surface area contributed by atoms with E-state index in [0.717, 1.165) is 19.1 Å². The van der Waals surface area contributed by atoms with Gasteiger partial charge in [0.15, 0.2) is 0 Å². The van der Waals surface area contributed by atoms with Crippen LogP contribution in [-0.2, 0) is 6.54 Å². The largest absolute Gasteiger partial charge is 0.384 e. The van der Waals surface area contributed by atoms with Gasteiger partial charge in [0.2, 0.25) is 0 Å². The summed E-state index contributed by atoms with van der Waals surface area (Å²) in [5, 5.41) is 8.03. The highest BCUT2D eigenvalue weighted by Gasteiger charge is 2.30. The molecule has 21 heavy (non-hydrogen) atoms. The van der Waals surface area contributed by atoms with Crippen LogP contribution in [-0.4, -0.2) is 24.0 Å². The Bertz CT molecular complexity index is 589. The number of nitrogens with one attached hydrogen (secondary N) is 1. The monoisotopic (exact) mass is 298 g/mol. The Morgan fingerprint density at radius 2 is 2.10 bits per heavy atom. The van der Waals surface area contributed by atoms with Crippen molar-refractivity contribution in [2.24, 2.45) is 0 Å². The van der Waals surface area contributed by atoms with Crippen LogP contribution in [0.3, 0.4) is 0 Å². The second-order valence-corrected chi connectivity index (χ2v) is 7.07. The maximum absolute atomic E-state index is 3.55. The van der Waals surface area contributed by atoms with Gasteiger partial charge in [0.25, 0.3) is 0 Å². The fourth-order valence-corrected chi connectivity index (χ4v) is 4.04. The number of nitrogens with zero attached hydrogens (tertiary/aromatic N) is 1. The molecule has 1 aromatic carbocycles. The first kappa shape index (κ1) is 13.4. The highest BCUT2D eigenvalue weighted by molar-refractivity contribution is 7.07. The van der Waals surface area contributed by atoms with Crippen LogP contribution >= 0.6 is 11.3 Å². The van der Waals surface area contributed by atoms with E-state index < -0.39 is 0 Å². The topological polar surface area (TPSA) is 15.3 Å². The Labute approximate surface area is 130 Å². The molecule has 1 unspecified atom stereocenters. The van der Waals surface area contributed by atoms with Crippen molar-refractivity contribution >= 4 is 17.0 Å². The minimum absolute atomic E-state index is 0.685. The van der Waals surface area contributed by atoms with E-state index in [-0.39, 0.29) is 0 Å². The summed E-state index contributed by atoms with van der Waals surface area (Å²) in [6.07, 6.45) is 4.05. The fraction of sp³-hybridized carbons (Fsp3) is 0.444. The van der Waals surface area contributed by atoms with E-state index in [2.05, 4.69) is 51.3 Å². The molecule has 1 N–H and O–H groups in total. The number of hydrogen-bond donors (Lipinski definition) is 1. The third-order valence-electron chi connectivity index (χ3n) is 4.73. The molecule has 4 rings (SSSR count). The van der Waals surface area contributed by atoms with Gasteiger partial charge in [0, 0.05) is 30.7 Å². The van der Waals surface area contributed by atoms with E-state index in [4.69, 9.17) is 0 Å². The number of thiophene rings is 1. The van der Waals surface area contributed by atoms with E-state index in [1.54, 1.807) is 0 Å². The molecule has 0 radical (unpaired) electrons. The number of hydrogen-bond acceptors (Lipinski definition) is 3. The molecule has 3 heteroatoms. The van der Waals surface area contributed by atoms with Crippen LogP contribution in [0.5, 0.6) is 0 Å². The zero-order chi connectivity index (χ0) is 14.1. The van der Waals surface area contributed by atoms with Crippen molar-refractivity contribution in [1.82, 2.24) is 4.90 Å². The minimum Gasteiger partial charge on any atom is -0.384 e. The average molecular weight is 298 g/mol. The molecule has 0 bridgehead atoms. The van der Waals surface area contributed by atoms with Gasteiger partial charge in [-0.25, -0.2) is 0 Å². The third-order valence-corrected chi connectivity index (χ3v) is 5.47. The number of benzene rings is 1. The Kier molecular flexibility index (Phi) is 3.70. The van der Waals surface area contributed by atoms with Gasteiger partial charge in [-0.05, 0) is 59.8 Å². The molecule has 110 valence electrons. The van der Waals surface area contributed by atoms with E-state index in [1.165, 1.54) is 42.6 Å². The molecule has 1 fully saturated rings. The molecule has 1 aliphatic carbocycles. The van der Waals surface area contributed by atoms with Crippen molar-refractivity contribution in [2.45, 2.75) is 37.8 Å². The van der Waals surface area contributed by atoms with Gasteiger partial charge in [-0.2, -0.15) is 11.3 Å². The summed E-state index contributed by atoms with van der Waals surface area (Å²) < 4.78 is 0. The summed E-state index contributed by atoms with van der Waals surface area (Å²) in [5.41, 5.74) is 4.35. The Balaban J connectivity index is 1.39. The first-order valence-corrected chi connectivity index (χ1v) is 8.92. The van der Waals surface area contributed by atoms with Gasteiger partial charge in [0.1, 0.15) is 0 Å². The van der Waals surface area contributed by atoms with Crippen molar-refractivity contribution in [3.8, 4) is 0 Å². The van der Waals surface area contributed by atoms with Crippen molar-refractivity contribution in [3.63, 3.8) is 0 Å². The lowest BCUT2D eigenvalue weighted by molar-refractivity contribution is 0.246. The lowest BCUT2D eigenvalue weighted by Gasteiger charge is -2.23. The van der Waals surface area contributed by atoms with Crippen LogP contribution in [0.25, 0.3) is 0 Å². The Hall–Kier alpha value is -1.32. The van der Waals surface area contributed by atoms with Crippen molar-refractivity contribution in [2.75, 3.05) is 18.4 Å². The molecule has 1 aromatic heterocycles. The highest BCUT2D eigenvalue weighted by Crippen LogP contribution is 2.35. The quantitative estimate of drug-likeness (QED) is 0.855. The van der Waals surface area contributed by atoms with Crippen LogP contribution < -0.4 is 5.32 Å². The molecular weight excluding hydrogens is 276 g/mol. The van der Waals surface area contributed by atoms with Gasteiger partial charge < -0.3 is 5.32 Å². The third kappa shape index (κ3) is 2.99. The Morgan fingerprint density at radius 3 is 2.90 bits per heavy atom. The van der Waals surface area contributed by atoms with Crippen molar-refractivity contribution < 1.29 is 0 Å². The van der Waals surface area contributed by atoms with Gasteiger partial charge >= 0.3 is 0 Å². The summed E-state index contributed by atoms with van der Waals surface area (Å²) in [7, 11) is 0. The molecule has 2 aromatic rings. The molecule has 0 saturated heterocycles. The summed E-state index contributed by atoms with van der Waals surface area (Å²) in [4.78, 5) is 2.70. The Morgan fingerprint density at radius 1 is 1.19 bits per heavy atom. The lowest BCUT2D eigenvalue weighted by atomic mass is 9.97. The molecule has 2 heterocycles. The molecule has 1 atom stereocenters. The van der Waals surface area contributed by atoms with E-state index in [1.807, 2.05) is 11.3 Å². The number of para-hydroxylation sites is 1. The van der Waals surface area contributed by atoms with Gasteiger partial charge in [-0.3, -0.25) is 4.90 Å². The van der Waals surface area contributed by atoms with Gasteiger partial charge in [-0.15, -0.1) is 0 Å². The molecule has 2 aliphatic rings. The number of rotatable bonds is 6. The molecular formula is C18H22N2S. The van der Waals surface area contributed by atoms with E-state index >= 15 is 0 Å². The summed E-state index contributed by atoms with van der Waals surface area (Å²) in [6.45, 7) is 3.47. The first-order valence-electron chi connectivity index (χ1n) is 7.98. The maximum atomic E-state index is 3.55. The van der Waals surface area contributed by atoms with Gasteiger partial charge in [0.05, 0.1) is 0 Å². The van der Waals surface area contributed by atoms with Crippen LogP contribution in [0.1, 0.15) is 36.3 Å². The van der Waals surface area contributed by atoms with Crippen LogP contribution in [0.15, 0.2) is 41.1 Å². The lowest BCUT2D eigenvalue weighted by Crippen LogP contribution is -2.27. The minimum atomic E-state index is 0.685. The fourth-order valence-electron chi connectivity index (χ4n) is 3.38. The van der Waals surface area contributed by atoms with Crippen LogP contribution in [0.2, 0.25) is 0 Å². The van der Waals surface area contributed by atoms with Crippen LogP contribution in [0.4, 0.5) is 5.69 Å². The molecule has 0 spiro atoms. The standard InChI is InChI=1S/C18H22N2S/c1-2-4-18-17(3-1)15(11-19-18)7-9-20(16-5-6-16)12-14-8-10-21-13-14/h1-4,8,10,13,15-16,19H,5-7,9,11-12H2. The summed E-state index contributed by atoms with van der Waals surface area (Å²) in [5.74, 6) is 0.685. The highest BCUT2D eigenvalue weighted by atomic mass is 32.1. The SMILES string of the molecule is c1ccc2c(c1)NCC2CCN(Cc1ccsc1)C1CC1. The number of anilines is 1. The van der Waals surface area contributed by atoms with Crippen molar-refractivity contribution in [1.29, 1.82) is 0 Å². The second-order valence-electron chi connectivity index (χ2n) is 6.29. The molecule has 2 nitrogen and oxygen atoms in total. The van der Waals surface area contributed by atoms with E-state index in [0.29, 0.717) is 5.92 Å². The zero-order valence-corrected chi connectivity index (χ0v) is 13.1. The molecule has 1 aliphatic heterocycles. The summed E-state index contributed by atoms with van der Waals surface area (Å²) in [6, 6.07) is 11.9. The maximum Gasteiger partial charge on any atom is 0.0376 e. The molecule has 0 amide bonds. The summed E-state index contributed by atoms with van der Waals surface area (Å²) >= 11 is 1.81. The number of fused-ring (bicyclic) bond motifs is 1. The first-order chi connectivity index (χ1) is 10.4. The smallest absolute Gasteiger partial charge is 0.0376 e. The molecule has 1 saturated carbocycles. The predicted molar refractivity (Wildman–Crippen MR) is 90.0 cm³/mol. The van der Waals surface area contributed by atoms with Gasteiger partial charge in [-0.1, -0.05) is 18.2 Å². The van der Waals surface area contributed by atoms with E-state index in [9.17, 15) is 0 Å². The van der Waals surface area contributed by atoms with Crippen LogP contribution in [0, 0.1) is 0 Å². The average Bonchev–Trinajstić information content (AvgIpc) is 3.08.